The van der Waals surface area contributed by atoms with Crippen molar-refractivity contribution in [3.63, 3.8) is 0 Å². The van der Waals surface area contributed by atoms with Crippen molar-refractivity contribution in [2.45, 2.75) is 42.4 Å². The average Bonchev–Trinajstić information content (AvgIpc) is 3.18. The fraction of sp³-hybridized carbons (Fsp3) is 0.909. The van der Waals surface area contributed by atoms with E-state index < -0.39 is 55.6 Å². The van der Waals surface area contributed by atoms with Gasteiger partial charge in [0.2, 0.25) is 5.60 Å². The van der Waals surface area contributed by atoms with Gasteiger partial charge in [-0.1, -0.05) is 0 Å². The summed E-state index contributed by atoms with van der Waals surface area (Å²) in [6.45, 7) is -1.17. The summed E-state index contributed by atoms with van der Waals surface area (Å²) in [4.78, 5) is 0. The van der Waals surface area contributed by atoms with Crippen LogP contribution in [0.4, 0.5) is 0 Å². The molecule has 7 atom stereocenters. The molecule has 0 aromatic rings. The zero-order valence-corrected chi connectivity index (χ0v) is 10.5. The Bertz CT molecular complexity index is 385. The highest BCUT2D eigenvalue weighted by molar-refractivity contribution is 5.18. The fourth-order valence-electron chi connectivity index (χ4n) is 2.05. The second-order valence-electron chi connectivity index (χ2n) is 4.80. The van der Waals surface area contributed by atoms with Gasteiger partial charge in [0.15, 0.2) is 6.29 Å². The SMILES string of the molecule is N#C[C@@]1(CO)O[C@@H]1CO[C@@H]1O[C@@H](CO)[C@@H](O)[C@H](O)[C@@H]1O. The number of ether oxygens (including phenoxy) is 3. The van der Waals surface area contributed by atoms with Crippen LogP contribution < -0.4 is 0 Å². The van der Waals surface area contributed by atoms with E-state index in [1.165, 1.54) is 0 Å². The molecule has 0 amide bonds. The number of nitrogens with zero attached hydrogens (tertiary/aromatic N) is 1. The van der Waals surface area contributed by atoms with Crippen LogP contribution in [0.1, 0.15) is 0 Å². The Kier molecular flexibility index (Phi) is 4.58. The van der Waals surface area contributed by atoms with Crippen LogP contribution in [0.5, 0.6) is 0 Å². The van der Waals surface area contributed by atoms with Crippen molar-refractivity contribution in [2.24, 2.45) is 0 Å². The molecule has 0 aromatic carbocycles. The van der Waals surface area contributed by atoms with Crippen molar-refractivity contribution in [2.75, 3.05) is 19.8 Å². The Balaban J connectivity index is 1.88. The summed E-state index contributed by atoms with van der Waals surface area (Å²) in [6.07, 6.45) is -7.48. The molecule has 9 nitrogen and oxygen atoms in total. The second-order valence-corrected chi connectivity index (χ2v) is 4.80. The molecule has 2 heterocycles. The summed E-state index contributed by atoms with van der Waals surface area (Å²) in [7, 11) is 0. The molecule has 0 spiro atoms. The van der Waals surface area contributed by atoms with Gasteiger partial charge in [-0.05, 0) is 0 Å². The van der Waals surface area contributed by atoms with Crippen LogP contribution in [-0.2, 0) is 14.2 Å². The molecule has 0 aliphatic carbocycles. The minimum Gasteiger partial charge on any atom is -0.394 e. The van der Waals surface area contributed by atoms with E-state index >= 15 is 0 Å². The Morgan fingerprint density at radius 2 is 1.85 bits per heavy atom. The van der Waals surface area contributed by atoms with Crippen molar-refractivity contribution < 1.29 is 39.7 Å². The predicted octanol–water partition coefficient (Wildman–Crippen LogP) is -3.54. The summed E-state index contributed by atoms with van der Waals surface area (Å²) in [6, 6.07) is 1.80. The van der Waals surface area contributed by atoms with E-state index in [9.17, 15) is 15.3 Å². The van der Waals surface area contributed by atoms with E-state index in [4.69, 9.17) is 29.7 Å². The number of aliphatic hydroxyl groups is 5. The molecule has 0 radical (unpaired) electrons. The highest BCUT2D eigenvalue weighted by atomic mass is 16.7. The van der Waals surface area contributed by atoms with Crippen molar-refractivity contribution in [1.29, 1.82) is 5.26 Å². The van der Waals surface area contributed by atoms with E-state index in [0.717, 1.165) is 0 Å². The van der Waals surface area contributed by atoms with Gasteiger partial charge in [-0.2, -0.15) is 5.26 Å². The van der Waals surface area contributed by atoms with Crippen LogP contribution in [0, 0.1) is 11.3 Å². The first-order chi connectivity index (χ1) is 9.49. The fourth-order valence-corrected chi connectivity index (χ4v) is 2.05. The van der Waals surface area contributed by atoms with E-state index in [0.29, 0.717) is 0 Å². The molecule has 2 aliphatic heterocycles. The Morgan fingerprint density at radius 3 is 2.35 bits per heavy atom. The lowest BCUT2D eigenvalue weighted by molar-refractivity contribution is -0.301. The average molecular weight is 291 g/mol. The first kappa shape index (κ1) is 15.6. The van der Waals surface area contributed by atoms with Gasteiger partial charge < -0.3 is 39.7 Å². The van der Waals surface area contributed by atoms with Crippen molar-refractivity contribution in [3.05, 3.63) is 0 Å². The molecule has 20 heavy (non-hydrogen) atoms. The summed E-state index contributed by atoms with van der Waals surface area (Å²) in [5.41, 5.74) is -1.30. The zero-order valence-electron chi connectivity index (χ0n) is 10.5. The largest absolute Gasteiger partial charge is 0.394 e. The summed E-state index contributed by atoms with van der Waals surface area (Å²) < 4.78 is 15.3. The summed E-state index contributed by atoms with van der Waals surface area (Å²) in [5, 5.41) is 55.6. The van der Waals surface area contributed by atoms with Gasteiger partial charge in [-0.25, -0.2) is 0 Å². The molecule has 5 N–H and O–H groups in total. The molecule has 2 fully saturated rings. The van der Waals surface area contributed by atoms with Gasteiger partial charge in [-0.3, -0.25) is 0 Å². The molecule has 2 rings (SSSR count). The molecule has 114 valence electrons. The van der Waals surface area contributed by atoms with Crippen molar-refractivity contribution >= 4 is 0 Å². The van der Waals surface area contributed by atoms with Gasteiger partial charge in [-0.15, -0.1) is 0 Å². The number of epoxide rings is 1. The molecule has 0 unspecified atom stereocenters. The highest BCUT2D eigenvalue weighted by Gasteiger charge is 2.58. The van der Waals surface area contributed by atoms with Crippen LogP contribution in [0.15, 0.2) is 0 Å². The maximum absolute atomic E-state index is 9.70. The third-order valence-electron chi connectivity index (χ3n) is 3.50. The van der Waals surface area contributed by atoms with Crippen LogP contribution >= 0.6 is 0 Å². The Labute approximate surface area is 114 Å². The summed E-state index contributed by atoms with van der Waals surface area (Å²) >= 11 is 0. The molecule has 0 aromatic heterocycles. The van der Waals surface area contributed by atoms with Gasteiger partial charge in [0.1, 0.15) is 36.6 Å². The molecule has 0 saturated carbocycles. The number of nitriles is 1. The first-order valence-corrected chi connectivity index (χ1v) is 6.11. The monoisotopic (exact) mass is 291 g/mol. The van der Waals surface area contributed by atoms with E-state index in [2.05, 4.69) is 0 Å². The quantitative estimate of drug-likeness (QED) is 0.324. The lowest BCUT2D eigenvalue weighted by Crippen LogP contribution is -2.59. The van der Waals surface area contributed by atoms with E-state index in [-0.39, 0.29) is 6.61 Å². The normalized spacial score (nSPS) is 47.8. The molecular formula is C11H17NO8. The van der Waals surface area contributed by atoms with Gasteiger partial charge >= 0.3 is 0 Å². The minimum absolute atomic E-state index is 0.142. The molecule has 2 saturated heterocycles. The van der Waals surface area contributed by atoms with Crippen molar-refractivity contribution in [1.82, 2.24) is 0 Å². The van der Waals surface area contributed by atoms with E-state index in [1.54, 1.807) is 6.07 Å². The third kappa shape index (κ3) is 2.65. The summed E-state index contributed by atoms with van der Waals surface area (Å²) in [5.74, 6) is 0. The lowest BCUT2D eigenvalue weighted by Gasteiger charge is -2.39. The molecule has 2 aliphatic rings. The minimum atomic E-state index is -1.52. The standard InChI is InChI=1S/C11H17NO8/c12-3-11(4-14)6(20-11)2-18-10-9(17)8(16)7(15)5(1-13)19-10/h5-10,13-17H,1-2,4H2/t5-,6+,7+,8-,9-,10+,11-/m0/s1. The molecule has 0 bridgehead atoms. The van der Waals surface area contributed by atoms with Crippen LogP contribution in [0.2, 0.25) is 0 Å². The lowest BCUT2D eigenvalue weighted by atomic mass is 9.99. The Morgan fingerprint density at radius 1 is 1.15 bits per heavy atom. The second kappa shape index (κ2) is 5.88. The van der Waals surface area contributed by atoms with Crippen LogP contribution in [-0.4, -0.2) is 87.8 Å². The third-order valence-corrected chi connectivity index (χ3v) is 3.50. The maximum atomic E-state index is 9.70. The van der Waals surface area contributed by atoms with Crippen LogP contribution in [0.3, 0.4) is 0 Å². The molecular weight excluding hydrogens is 274 g/mol. The van der Waals surface area contributed by atoms with Gasteiger partial charge in [0.05, 0.1) is 19.8 Å². The Hall–Kier alpha value is -0.830. The maximum Gasteiger partial charge on any atom is 0.205 e. The van der Waals surface area contributed by atoms with Crippen molar-refractivity contribution in [3.8, 4) is 6.07 Å². The number of hydrogen-bond donors (Lipinski definition) is 5. The smallest absolute Gasteiger partial charge is 0.205 e. The van der Waals surface area contributed by atoms with E-state index in [1.807, 2.05) is 0 Å². The van der Waals surface area contributed by atoms with Gasteiger partial charge in [0, 0.05) is 0 Å². The number of aliphatic hydroxyl groups excluding tert-OH is 5. The van der Waals surface area contributed by atoms with Gasteiger partial charge in [0.25, 0.3) is 0 Å². The van der Waals surface area contributed by atoms with Crippen LogP contribution in [0.25, 0.3) is 0 Å². The number of rotatable bonds is 5. The zero-order chi connectivity index (χ0) is 14.9. The first-order valence-electron chi connectivity index (χ1n) is 6.11. The predicted molar refractivity (Wildman–Crippen MR) is 60.0 cm³/mol. The topological polar surface area (TPSA) is 156 Å². The number of hydrogen-bond acceptors (Lipinski definition) is 9. The highest BCUT2D eigenvalue weighted by Crippen LogP contribution is 2.36. The molecule has 9 heteroatoms.